The molecule has 0 radical (unpaired) electrons. The summed E-state index contributed by atoms with van der Waals surface area (Å²) in [4.78, 5) is 1.98. The minimum Gasteiger partial charge on any atom is -0.380 e. The van der Waals surface area contributed by atoms with Gasteiger partial charge in [0.05, 0.1) is 12.4 Å². The van der Waals surface area contributed by atoms with E-state index in [1.807, 2.05) is 36.2 Å². The maximum absolute atomic E-state index is 11.3. The molecule has 2 N–H and O–H groups in total. The van der Waals surface area contributed by atoms with Crippen LogP contribution in [0.2, 0.25) is 0 Å². The van der Waals surface area contributed by atoms with Gasteiger partial charge in [-0.3, -0.25) is 4.90 Å². The van der Waals surface area contributed by atoms with Crippen LogP contribution in [0.4, 0.5) is 0 Å². The second-order valence-corrected chi connectivity index (χ2v) is 7.25. The zero-order valence-corrected chi connectivity index (χ0v) is 13.2. The van der Waals surface area contributed by atoms with Crippen molar-refractivity contribution in [2.24, 2.45) is 5.73 Å². The highest BCUT2D eigenvalue weighted by Gasteiger charge is 2.19. The highest BCUT2D eigenvalue weighted by molar-refractivity contribution is 7.90. The zero-order valence-electron chi connectivity index (χ0n) is 12.4. The molecule has 1 aromatic rings. The summed E-state index contributed by atoms with van der Waals surface area (Å²) in [5.41, 5.74) is 8.05. The van der Waals surface area contributed by atoms with Crippen molar-refractivity contribution in [3.05, 3.63) is 35.4 Å². The minimum atomic E-state index is -2.97. The Hall–Kier alpha value is -0.950. The molecule has 0 aliphatic rings. The van der Waals surface area contributed by atoms with Crippen LogP contribution >= 0.6 is 0 Å². The first kappa shape index (κ1) is 17.1. The van der Waals surface area contributed by atoms with Crippen molar-refractivity contribution in [2.75, 3.05) is 39.3 Å². The fraction of sp³-hybridized carbons (Fsp3) is 0.571. The van der Waals surface area contributed by atoms with Gasteiger partial charge in [-0.25, -0.2) is 8.42 Å². The van der Waals surface area contributed by atoms with E-state index >= 15 is 0 Å². The smallest absolute Gasteiger partial charge is 0.148 e. The standard InChI is InChI=1S/C14H24N2O3S/c1-16(8-9-20(3,17)18)14(10-15)13-7-5-4-6-12(13)11-19-2/h4-7,14H,8-11,15H2,1-3H3. The molecule has 5 nitrogen and oxygen atoms in total. The predicted molar refractivity (Wildman–Crippen MR) is 81.3 cm³/mol. The minimum absolute atomic E-state index is 0.0110. The Balaban J connectivity index is 2.89. The van der Waals surface area contributed by atoms with Gasteiger partial charge in [0, 0.05) is 32.5 Å². The fourth-order valence-corrected chi connectivity index (χ4v) is 2.78. The second kappa shape index (κ2) is 7.73. The zero-order chi connectivity index (χ0) is 15.2. The molecule has 0 amide bonds. The number of nitrogens with zero attached hydrogens (tertiary/aromatic N) is 1. The van der Waals surface area contributed by atoms with Crippen LogP contribution in [0.1, 0.15) is 17.2 Å². The number of benzene rings is 1. The Morgan fingerprint density at radius 3 is 2.55 bits per heavy atom. The van der Waals surface area contributed by atoms with Crippen molar-refractivity contribution in [3.8, 4) is 0 Å². The fourth-order valence-electron chi connectivity index (χ4n) is 2.16. The van der Waals surface area contributed by atoms with Gasteiger partial charge >= 0.3 is 0 Å². The number of hydrogen-bond acceptors (Lipinski definition) is 5. The van der Waals surface area contributed by atoms with E-state index in [1.165, 1.54) is 6.26 Å². The third-order valence-corrected chi connectivity index (χ3v) is 4.21. The first-order valence-corrected chi connectivity index (χ1v) is 8.60. The van der Waals surface area contributed by atoms with Crippen LogP contribution in [0.5, 0.6) is 0 Å². The predicted octanol–water partition coefficient (Wildman–Crippen LogP) is 0.809. The van der Waals surface area contributed by atoms with E-state index in [-0.39, 0.29) is 11.8 Å². The summed E-state index contributed by atoms with van der Waals surface area (Å²) in [6, 6.07) is 7.93. The molecule has 1 rings (SSSR count). The molecule has 0 aliphatic carbocycles. The van der Waals surface area contributed by atoms with Gasteiger partial charge in [0.15, 0.2) is 0 Å². The van der Waals surface area contributed by atoms with Gasteiger partial charge in [-0.1, -0.05) is 24.3 Å². The Bertz CT molecular complexity index is 517. The van der Waals surface area contributed by atoms with E-state index in [9.17, 15) is 8.42 Å². The van der Waals surface area contributed by atoms with Crippen LogP contribution in [-0.4, -0.2) is 52.6 Å². The quantitative estimate of drug-likeness (QED) is 0.769. The normalized spacial score (nSPS) is 13.7. The molecule has 0 bridgehead atoms. The molecule has 0 heterocycles. The molecule has 0 aromatic heterocycles. The molecule has 20 heavy (non-hydrogen) atoms. The molecule has 0 saturated carbocycles. The topological polar surface area (TPSA) is 72.6 Å². The summed E-state index contributed by atoms with van der Waals surface area (Å²) >= 11 is 0. The van der Waals surface area contributed by atoms with E-state index in [0.717, 1.165) is 11.1 Å². The molecule has 0 saturated heterocycles. The highest BCUT2D eigenvalue weighted by atomic mass is 32.2. The highest BCUT2D eigenvalue weighted by Crippen LogP contribution is 2.22. The molecule has 0 aliphatic heterocycles. The first-order valence-electron chi connectivity index (χ1n) is 6.53. The second-order valence-electron chi connectivity index (χ2n) is 4.99. The van der Waals surface area contributed by atoms with Crippen molar-refractivity contribution in [1.82, 2.24) is 4.90 Å². The van der Waals surface area contributed by atoms with Gasteiger partial charge in [0.2, 0.25) is 0 Å². The average Bonchev–Trinajstić information content (AvgIpc) is 2.39. The molecular weight excluding hydrogens is 276 g/mol. The van der Waals surface area contributed by atoms with E-state index in [2.05, 4.69) is 0 Å². The van der Waals surface area contributed by atoms with Crippen LogP contribution < -0.4 is 5.73 Å². The Morgan fingerprint density at radius 2 is 2.00 bits per heavy atom. The van der Waals surface area contributed by atoms with Crippen LogP contribution in [0.3, 0.4) is 0 Å². The van der Waals surface area contributed by atoms with E-state index < -0.39 is 9.84 Å². The molecule has 1 unspecified atom stereocenters. The maximum Gasteiger partial charge on any atom is 0.148 e. The van der Waals surface area contributed by atoms with Crippen molar-refractivity contribution < 1.29 is 13.2 Å². The lowest BCUT2D eigenvalue weighted by Gasteiger charge is -2.28. The lowest BCUT2D eigenvalue weighted by molar-refractivity contribution is 0.180. The van der Waals surface area contributed by atoms with Gasteiger partial charge < -0.3 is 10.5 Å². The SMILES string of the molecule is COCc1ccccc1C(CN)N(C)CCS(C)(=O)=O. The van der Waals surface area contributed by atoms with E-state index in [0.29, 0.717) is 19.7 Å². The number of methoxy groups -OCH3 is 1. The van der Waals surface area contributed by atoms with E-state index in [1.54, 1.807) is 7.11 Å². The number of ether oxygens (including phenoxy) is 1. The maximum atomic E-state index is 11.3. The summed E-state index contributed by atoms with van der Waals surface area (Å²) in [6.07, 6.45) is 1.25. The Morgan fingerprint density at radius 1 is 1.35 bits per heavy atom. The number of rotatable bonds is 8. The molecule has 6 heteroatoms. The van der Waals surface area contributed by atoms with Gasteiger partial charge in [0.25, 0.3) is 0 Å². The van der Waals surface area contributed by atoms with Gasteiger partial charge in [0.1, 0.15) is 9.84 Å². The third kappa shape index (κ3) is 5.20. The number of sulfone groups is 1. The summed E-state index contributed by atoms with van der Waals surface area (Å²) in [7, 11) is 0.579. The van der Waals surface area contributed by atoms with Gasteiger partial charge in [-0.05, 0) is 18.2 Å². The molecule has 1 atom stereocenters. The summed E-state index contributed by atoms with van der Waals surface area (Å²) in [5.74, 6) is 0.131. The lowest BCUT2D eigenvalue weighted by Crippen LogP contribution is -2.34. The van der Waals surface area contributed by atoms with Gasteiger partial charge in [-0.2, -0.15) is 0 Å². The van der Waals surface area contributed by atoms with Crippen LogP contribution in [0.25, 0.3) is 0 Å². The number of nitrogens with two attached hydrogens (primary N) is 1. The van der Waals surface area contributed by atoms with Crippen molar-refractivity contribution in [1.29, 1.82) is 0 Å². The van der Waals surface area contributed by atoms with Gasteiger partial charge in [-0.15, -0.1) is 0 Å². The first-order chi connectivity index (χ1) is 9.39. The Kier molecular flexibility index (Phi) is 6.61. The van der Waals surface area contributed by atoms with E-state index in [4.69, 9.17) is 10.5 Å². The summed E-state index contributed by atoms with van der Waals surface area (Å²) in [6.45, 7) is 1.41. The average molecular weight is 300 g/mol. The van der Waals surface area contributed by atoms with Crippen molar-refractivity contribution in [2.45, 2.75) is 12.6 Å². The molecule has 0 spiro atoms. The van der Waals surface area contributed by atoms with Crippen molar-refractivity contribution >= 4 is 9.84 Å². The van der Waals surface area contributed by atoms with Crippen molar-refractivity contribution in [3.63, 3.8) is 0 Å². The molecular formula is C14H24N2O3S. The van der Waals surface area contributed by atoms with Crippen LogP contribution in [0.15, 0.2) is 24.3 Å². The summed E-state index contributed by atoms with van der Waals surface area (Å²) < 4.78 is 27.8. The lowest BCUT2D eigenvalue weighted by atomic mass is 9.99. The largest absolute Gasteiger partial charge is 0.380 e. The molecule has 114 valence electrons. The Labute approximate surface area is 121 Å². The molecule has 1 aromatic carbocycles. The number of likely N-dealkylation sites (N-methyl/N-ethyl adjacent to an activating group) is 1. The van der Waals surface area contributed by atoms with Crippen LogP contribution in [-0.2, 0) is 21.2 Å². The monoisotopic (exact) mass is 300 g/mol. The number of hydrogen-bond donors (Lipinski definition) is 1. The summed E-state index contributed by atoms with van der Waals surface area (Å²) in [5, 5.41) is 0. The van der Waals surface area contributed by atoms with Crippen LogP contribution in [0, 0.1) is 0 Å². The third-order valence-electron chi connectivity index (χ3n) is 3.28. The molecule has 0 fully saturated rings.